The molecule has 0 bridgehead atoms. The van der Waals surface area contributed by atoms with Crippen LogP contribution in [0.5, 0.6) is 0 Å². The van der Waals surface area contributed by atoms with Gasteiger partial charge < -0.3 is 5.32 Å². The van der Waals surface area contributed by atoms with Crippen molar-refractivity contribution >= 4 is 45.8 Å². The van der Waals surface area contributed by atoms with E-state index < -0.39 is 10.2 Å². The van der Waals surface area contributed by atoms with Crippen LogP contribution in [0.25, 0.3) is 0 Å². The molecule has 1 amide bonds. The summed E-state index contributed by atoms with van der Waals surface area (Å²) >= 11 is 7.09. The Morgan fingerprint density at radius 3 is 2.62 bits per heavy atom. The summed E-state index contributed by atoms with van der Waals surface area (Å²) in [6.07, 6.45) is 0.271. The van der Waals surface area contributed by atoms with Crippen LogP contribution in [-0.4, -0.2) is 21.2 Å². The highest BCUT2D eigenvalue weighted by atomic mass is 35.5. The molecule has 0 spiro atoms. The molecule has 1 heterocycles. The fourth-order valence-corrected chi connectivity index (χ4v) is 3.43. The third kappa shape index (κ3) is 3.74. The molecule has 6 nitrogen and oxygen atoms in total. The average molecular weight is 362 g/mol. The maximum absolute atomic E-state index is 12.1. The maximum Gasteiger partial charge on any atom is 0.272 e. The van der Waals surface area contributed by atoms with Crippen molar-refractivity contribution in [3.63, 3.8) is 0 Å². The van der Waals surface area contributed by atoms with Crippen molar-refractivity contribution in [1.29, 1.82) is 0 Å². The SMILES string of the molecule is O=C1NC(=Nc2ccc(Cl)cc2)SC1Cc1ccccc1[N+](=O)[O-]. The van der Waals surface area contributed by atoms with Crippen molar-refractivity contribution in [2.75, 3.05) is 0 Å². The Morgan fingerprint density at radius 1 is 1.21 bits per heavy atom. The zero-order valence-electron chi connectivity index (χ0n) is 12.3. The van der Waals surface area contributed by atoms with Crippen LogP contribution < -0.4 is 5.32 Å². The first-order valence-electron chi connectivity index (χ1n) is 7.07. The number of thioether (sulfide) groups is 1. The van der Waals surface area contributed by atoms with Gasteiger partial charge in [-0.25, -0.2) is 4.99 Å². The third-order valence-electron chi connectivity index (χ3n) is 3.43. The Hall–Kier alpha value is -2.38. The van der Waals surface area contributed by atoms with Crippen LogP contribution in [0.2, 0.25) is 5.02 Å². The molecule has 1 atom stereocenters. The van der Waals surface area contributed by atoms with Gasteiger partial charge in [-0.2, -0.15) is 0 Å². The summed E-state index contributed by atoms with van der Waals surface area (Å²) in [4.78, 5) is 27.1. The molecule has 0 aliphatic carbocycles. The number of hydrogen-bond donors (Lipinski definition) is 1. The Balaban J connectivity index is 1.76. The second kappa shape index (κ2) is 7.02. The zero-order chi connectivity index (χ0) is 17.1. The van der Waals surface area contributed by atoms with Crippen molar-refractivity contribution in [2.24, 2.45) is 4.99 Å². The minimum atomic E-state index is -0.447. The Bertz CT molecular complexity index is 824. The largest absolute Gasteiger partial charge is 0.304 e. The first kappa shape index (κ1) is 16.5. The molecule has 122 valence electrons. The second-order valence-electron chi connectivity index (χ2n) is 5.08. The van der Waals surface area contributed by atoms with Crippen molar-refractivity contribution in [3.8, 4) is 0 Å². The molecule has 1 fully saturated rings. The Kier molecular flexibility index (Phi) is 4.82. The van der Waals surface area contributed by atoms with Gasteiger partial charge in [0.05, 0.1) is 15.9 Å². The third-order valence-corrected chi connectivity index (χ3v) is 4.76. The monoisotopic (exact) mass is 361 g/mol. The molecule has 1 unspecified atom stereocenters. The van der Waals surface area contributed by atoms with E-state index >= 15 is 0 Å². The standard InChI is InChI=1S/C16H12ClN3O3S/c17-11-5-7-12(8-6-11)18-16-19-15(21)14(24-16)9-10-3-1-2-4-13(10)20(22)23/h1-8,14H,9H2,(H,18,19,21). The summed E-state index contributed by atoms with van der Waals surface area (Å²) in [7, 11) is 0. The van der Waals surface area contributed by atoms with Gasteiger partial charge in [0.1, 0.15) is 0 Å². The van der Waals surface area contributed by atoms with Gasteiger partial charge in [-0.05, 0) is 24.3 Å². The minimum absolute atomic E-state index is 0.0222. The van der Waals surface area contributed by atoms with Crippen LogP contribution in [0.15, 0.2) is 53.5 Å². The molecule has 0 radical (unpaired) electrons. The number of nitro groups is 1. The number of benzene rings is 2. The van der Waals surface area contributed by atoms with Gasteiger partial charge in [0.15, 0.2) is 5.17 Å². The van der Waals surface area contributed by atoms with E-state index in [1.165, 1.54) is 17.8 Å². The number of aliphatic imine (C=N–C) groups is 1. The zero-order valence-corrected chi connectivity index (χ0v) is 13.9. The lowest BCUT2D eigenvalue weighted by Gasteiger charge is -2.05. The lowest BCUT2D eigenvalue weighted by atomic mass is 10.1. The van der Waals surface area contributed by atoms with Gasteiger partial charge in [0.25, 0.3) is 5.69 Å². The molecular weight excluding hydrogens is 350 g/mol. The number of hydrogen-bond acceptors (Lipinski definition) is 5. The van der Waals surface area contributed by atoms with Crippen molar-refractivity contribution in [1.82, 2.24) is 5.32 Å². The number of carbonyl (C=O) groups excluding carboxylic acids is 1. The minimum Gasteiger partial charge on any atom is -0.304 e. The summed E-state index contributed by atoms with van der Waals surface area (Å²) in [5.74, 6) is -0.203. The number of nitrogens with one attached hydrogen (secondary N) is 1. The molecule has 1 aliphatic heterocycles. The van der Waals surface area contributed by atoms with Crippen LogP contribution in [-0.2, 0) is 11.2 Å². The lowest BCUT2D eigenvalue weighted by molar-refractivity contribution is -0.385. The molecule has 0 saturated carbocycles. The Morgan fingerprint density at radius 2 is 1.92 bits per heavy atom. The molecule has 1 aliphatic rings. The van der Waals surface area contributed by atoms with E-state index in [0.29, 0.717) is 21.4 Å². The summed E-state index contributed by atoms with van der Waals surface area (Å²) < 4.78 is 0. The van der Waals surface area contributed by atoms with Crippen molar-refractivity contribution in [2.45, 2.75) is 11.7 Å². The lowest BCUT2D eigenvalue weighted by Crippen LogP contribution is -2.26. The van der Waals surface area contributed by atoms with Gasteiger partial charge in [0.2, 0.25) is 5.91 Å². The van der Waals surface area contributed by atoms with E-state index in [0.717, 1.165) is 0 Å². The van der Waals surface area contributed by atoms with Crippen LogP contribution in [0, 0.1) is 10.1 Å². The summed E-state index contributed by atoms with van der Waals surface area (Å²) in [6, 6.07) is 13.4. The highest BCUT2D eigenvalue weighted by Gasteiger charge is 2.32. The van der Waals surface area contributed by atoms with E-state index in [-0.39, 0.29) is 18.0 Å². The quantitative estimate of drug-likeness (QED) is 0.664. The van der Waals surface area contributed by atoms with Crippen molar-refractivity contribution < 1.29 is 9.72 Å². The molecule has 3 rings (SSSR count). The first-order chi connectivity index (χ1) is 11.5. The molecule has 0 aromatic heterocycles. The predicted molar refractivity (Wildman–Crippen MR) is 94.9 cm³/mol. The van der Waals surface area contributed by atoms with E-state index in [1.807, 2.05) is 0 Å². The number of rotatable bonds is 4. The molecule has 1 N–H and O–H groups in total. The molecular formula is C16H12ClN3O3S. The van der Waals surface area contributed by atoms with E-state index in [2.05, 4.69) is 10.3 Å². The average Bonchev–Trinajstić information content (AvgIpc) is 2.89. The number of halogens is 1. The van der Waals surface area contributed by atoms with Crippen molar-refractivity contribution in [3.05, 3.63) is 69.2 Å². The molecule has 2 aromatic carbocycles. The van der Waals surface area contributed by atoms with Gasteiger partial charge in [-0.15, -0.1) is 0 Å². The first-order valence-corrected chi connectivity index (χ1v) is 8.33. The summed E-state index contributed by atoms with van der Waals surface area (Å²) in [5, 5.41) is 14.4. The topological polar surface area (TPSA) is 84.6 Å². The summed E-state index contributed by atoms with van der Waals surface area (Å²) in [6.45, 7) is 0. The maximum atomic E-state index is 12.1. The molecule has 8 heteroatoms. The van der Waals surface area contributed by atoms with Crippen LogP contribution in [0.3, 0.4) is 0 Å². The van der Waals surface area contributed by atoms with E-state index in [9.17, 15) is 14.9 Å². The molecule has 1 saturated heterocycles. The number of nitro benzene ring substituents is 1. The normalized spacial score (nSPS) is 18.6. The number of nitrogens with zero attached hydrogens (tertiary/aromatic N) is 2. The van der Waals surface area contributed by atoms with Crippen LogP contribution >= 0.6 is 23.4 Å². The highest BCUT2D eigenvalue weighted by molar-refractivity contribution is 8.15. The number of amidine groups is 1. The Labute approximate surface area is 147 Å². The van der Waals surface area contributed by atoms with E-state index in [4.69, 9.17) is 11.6 Å². The molecule has 24 heavy (non-hydrogen) atoms. The number of para-hydroxylation sites is 1. The smallest absolute Gasteiger partial charge is 0.272 e. The number of amides is 1. The van der Waals surface area contributed by atoms with Gasteiger partial charge in [-0.1, -0.05) is 41.6 Å². The number of carbonyl (C=O) groups is 1. The van der Waals surface area contributed by atoms with Gasteiger partial charge >= 0.3 is 0 Å². The van der Waals surface area contributed by atoms with E-state index in [1.54, 1.807) is 42.5 Å². The van der Waals surface area contributed by atoms with Gasteiger partial charge in [-0.3, -0.25) is 14.9 Å². The fraction of sp³-hybridized carbons (Fsp3) is 0.125. The summed E-state index contributed by atoms with van der Waals surface area (Å²) in [5.41, 5.74) is 1.23. The van der Waals surface area contributed by atoms with Gasteiger partial charge in [0, 0.05) is 23.1 Å². The highest BCUT2D eigenvalue weighted by Crippen LogP contribution is 2.29. The molecule has 2 aromatic rings. The predicted octanol–water partition coefficient (Wildman–Crippen LogP) is 3.71. The van der Waals surface area contributed by atoms with Crippen LogP contribution in [0.4, 0.5) is 11.4 Å². The second-order valence-corrected chi connectivity index (χ2v) is 6.71. The van der Waals surface area contributed by atoms with Crippen LogP contribution in [0.1, 0.15) is 5.56 Å². The fourth-order valence-electron chi connectivity index (χ4n) is 2.29.